The molecule has 1 atom stereocenters. The lowest BCUT2D eigenvalue weighted by Crippen LogP contribution is -2.45. The van der Waals surface area contributed by atoms with Crippen molar-refractivity contribution in [3.8, 4) is 11.1 Å². The first kappa shape index (κ1) is 25.5. The summed E-state index contributed by atoms with van der Waals surface area (Å²) in [5.74, 6) is -2.11. The van der Waals surface area contributed by atoms with Crippen molar-refractivity contribution >= 4 is 39.1 Å². The van der Waals surface area contributed by atoms with Crippen LogP contribution in [0.25, 0.3) is 11.1 Å². The zero-order valence-electron chi connectivity index (χ0n) is 19.3. The quantitative estimate of drug-likeness (QED) is 0.221. The zero-order valence-corrected chi connectivity index (χ0v) is 20.2. The molecule has 0 radical (unpaired) electrons. The number of nitrogens with two attached hydrogens (primary N) is 2. The first-order chi connectivity index (χ1) is 17.5. The average molecular weight is 522 g/mol. The second-order valence-corrected chi connectivity index (χ2v) is 9.97. The van der Waals surface area contributed by atoms with E-state index in [0.29, 0.717) is 33.7 Å². The number of carboxylic acids is 1. The lowest BCUT2D eigenvalue weighted by molar-refractivity contribution is -0.152. The summed E-state index contributed by atoms with van der Waals surface area (Å²) in [7, 11) is -3.95. The molecule has 1 unspecified atom stereocenters. The van der Waals surface area contributed by atoms with Gasteiger partial charge in [0.05, 0.1) is 17.0 Å². The monoisotopic (exact) mass is 521 g/mol. The van der Waals surface area contributed by atoms with Gasteiger partial charge in [0.1, 0.15) is 5.84 Å². The maximum atomic E-state index is 13.2. The zero-order chi connectivity index (χ0) is 26.8. The molecule has 0 spiro atoms. The van der Waals surface area contributed by atoms with Gasteiger partial charge in [0.25, 0.3) is 5.91 Å². The van der Waals surface area contributed by atoms with Gasteiger partial charge in [0.2, 0.25) is 15.6 Å². The van der Waals surface area contributed by atoms with Crippen LogP contribution >= 0.6 is 0 Å². The summed E-state index contributed by atoms with van der Waals surface area (Å²) < 4.78 is 23.8. The van der Waals surface area contributed by atoms with Crippen LogP contribution < -0.4 is 16.2 Å². The molecular formula is C25H23N5O6S. The Morgan fingerprint density at radius 1 is 1.05 bits per heavy atom. The van der Waals surface area contributed by atoms with E-state index in [0.717, 1.165) is 0 Å². The van der Waals surface area contributed by atoms with Crippen molar-refractivity contribution in [3.05, 3.63) is 83.9 Å². The number of carbonyl (C=O) groups excluding carboxylic acids is 1. The fourth-order valence-corrected chi connectivity index (χ4v) is 4.73. The van der Waals surface area contributed by atoms with Gasteiger partial charge in [0, 0.05) is 28.8 Å². The predicted octanol–water partition coefficient (Wildman–Crippen LogP) is 2.26. The summed E-state index contributed by atoms with van der Waals surface area (Å²) in [5.41, 5.74) is 6.37. The number of carboxylic acid groups (broad SMARTS) is 1. The highest BCUT2D eigenvalue weighted by Gasteiger charge is 2.48. The number of nitrogens with one attached hydrogen (secondary N) is 2. The summed E-state index contributed by atoms with van der Waals surface area (Å²) >= 11 is 0. The summed E-state index contributed by atoms with van der Waals surface area (Å²) in [6, 6.07) is 19.2. The first-order valence-electron chi connectivity index (χ1n) is 10.9. The van der Waals surface area contributed by atoms with E-state index in [2.05, 4.69) is 10.5 Å². The summed E-state index contributed by atoms with van der Waals surface area (Å²) in [6.45, 7) is 0. The second-order valence-electron chi connectivity index (χ2n) is 8.44. The minimum Gasteiger partial charge on any atom is -0.481 e. The maximum Gasteiger partial charge on any atom is 0.308 e. The summed E-state index contributed by atoms with van der Waals surface area (Å²) in [4.78, 5) is 30.2. The number of amides is 1. The number of oxime groups is 1. The molecule has 1 heterocycles. The molecule has 4 rings (SSSR count). The Kier molecular flexibility index (Phi) is 6.79. The topological polar surface area (TPSA) is 198 Å². The number of anilines is 1. The smallest absolute Gasteiger partial charge is 0.308 e. The summed E-state index contributed by atoms with van der Waals surface area (Å²) in [6.07, 6.45) is -0.760. The number of amidine groups is 1. The van der Waals surface area contributed by atoms with Crippen LogP contribution in [0.2, 0.25) is 0 Å². The van der Waals surface area contributed by atoms with Gasteiger partial charge in [-0.25, -0.2) is 13.6 Å². The van der Waals surface area contributed by atoms with E-state index in [9.17, 15) is 23.1 Å². The number of hydrogen-bond acceptors (Lipinski definition) is 7. The average Bonchev–Trinajstić information content (AvgIpc) is 3.29. The lowest BCUT2D eigenvalue weighted by atomic mass is 9.89. The minimum atomic E-state index is -3.95. The van der Waals surface area contributed by atoms with Crippen LogP contribution in [0.5, 0.6) is 0 Å². The molecule has 1 amide bonds. The normalized spacial score (nSPS) is 16.9. The molecule has 11 nitrogen and oxygen atoms in total. The van der Waals surface area contributed by atoms with Crippen molar-refractivity contribution in [2.75, 3.05) is 5.32 Å². The number of benzene rings is 3. The molecule has 1 aliphatic heterocycles. The molecule has 0 aromatic heterocycles. The van der Waals surface area contributed by atoms with Crippen molar-refractivity contribution in [2.45, 2.75) is 23.3 Å². The molecule has 37 heavy (non-hydrogen) atoms. The van der Waals surface area contributed by atoms with Crippen LogP contribution in [-0.2, 0) is 24.4 Å². The third-order valence-electron chi connectivity index (χ3n) is 5.79. The van der Waals surface area contributed by atoms with Crippen molar-refractivity contribution in [1.29, 1.82) is 5.41 Å². The van der Waals surface area contributed by atoms with Crippen molar-refractivity contribution < 1.29 is 28.0 Å². The third kappa shape index (κ3) is 5.50. The maximum absolute atomic E-state index is 13.2. The SMILES string of the molecule is N=C(N)c1cccc(C2=NOC(CC(=O)O)(C(=O)Nc3ccc(-c4ccccc4S(N)(=O)=O)cc3)C2)c1. The molecule has 7 N–H and O–H groups in total. The standard InChI is InChI=1S/C25H23N5O6S/c26-23(27)17-5-3-4-16(12-17)20-13-25(36-30-20,14-22(31)32)24(33)29-18-10-8-15(9-11-18)19-6-1-2-7-21(19)37(28,34)35/h1-12H,13-14H2,(H3,26,27)(H,29,33)(H,31,32)(H2,28,34,35). The Hall–Kier alpha value is -4.55. The van der Waals surface area contributed by atoms with Gasteiger partial charge < -0.3 is 21.0 Å². The Labute approximate surface area is 212 Å². The number of sulfonamides is 1. The van der Waals surface area contributed by atoms with Crippen molar-refractivity contribution in [1.82, 2.24) is 0 Å². The largest absolute Gasteiger partial charge is 0.481 e. The van der Waals surface area contributed by atoms with Gasteiger partial charge in [-0.3, -0.25) is 15.0 Å². The van der Waals surface area contributed by atoms with Crippen LogP contribution in [0.1, 0.15) is 24.0 Å². The molecule has 0 fully saturated rings. The molecule has 0 bridgehead atoms. The highest BCUT2D eigenvalue weighted by molar-refractivity contribution is 7.89. The molecule has 0 aliphatic carbocycles. The number of rotatable bonds is 8. The van der Waals surface area contributed by atoms with Crippen LogP contribution in [0.15, 0.2) is 82.8 Å². The van der Waals surface area contributed by atoms with Gasteiger partial charge in [0.15, 0.2) is 0 Å². The number of nitrogens with zero attached hydrogens (tertiary/aromatic N) is 1. The van der Waals surface area contributed by atoms with Gasteiger partial charge in [-0.05, 0) is 29.8 Å². The van der Waals surface area contributed by atoms with Crippen molar-refractivity contribution in [3.63, 3.8) is 0 Å². The second kappa shape index (κ2) is 9.84. The Morgan fingerprint density at radius 2 is 1.76 bits per heavy atom. The molecule has 0 saturated heterocycles. The Bertz CT molecular complexity index is 1540. The third-order valence-corrected chi connectivity index (χ3v) is 6.76. The van der Waals surface area contributed by atoms with Crippen LogP contribution in [0.3, 0.4) is 0 Å². The number of primary sulfonamides is 1. The van der Waals surface area contributed by atoms with E-state index >= 15 is 0 Å². The fourth-order valence-electron chi connectivity index (χ4n) is 3.97. The molecule has 1 aliphatic rings. The molecule has 3 aromatic rings. The highest BCUT2D eigenvalue weighted by atomic mass is 32.2. The van der Waals surface area contributed by atoms with Gasteiger partial charge >= 0.3 is 5.97 Å². The number of aliphatic carboxylic acids is 1. The molecular weight excluding hydrogens is 498 g/mol. The molecule has 190 valence electrons. The molecule has 12 heteroatoms. The molecule has 3 aromatic carbocycles. The van der Waals surface area contributed by atoms with Crippen molar-refractivity contribution in [2.24, 2.45) is 16.0 Å². The number of nitrogen functional groups attached to an aromatic ring is 1. The van der Waals surface area contributed by atoms with E-state index in [-0.39, 0.29) is 17.2 Å². The van der Waals surface area contributed by atoms with Gasteiger partial charge in [-0.2, -0.15) is 0 Å². The Morgan fingerprint density at radius 3 is 2.41 bits per heavy atom. The van der Waals surface area contributed by atoms with E-state index in [4.69, 9.17) is 21.1 Å². The molecule has 0 saturated carbocycles. The number of hydrogen-bond donors (Lipinski definition) is 5. The highest BCUT2D eigenvalue weighted by Crippen LogP contribution is 2.33. The minimum absolute atomic E-state index is 0.0370. The first-order valence-corrected chi connectivity index (χ1v) is 12.5. The summed E-state index contributed by atoms with van der Waals surface area (Å²) in [5, 5.41) is 29.0. The van der Waals surface area contributed by atoms with E-state index in [1.165, 1.54) is 6.07 Å². The van der Waals surface area contributed by atoms with E-state index in [1.54, 1.807) is 66.7 Å². The Balaban J connectivity index is 1.56. The van der Waals surface area contributed by atoms with E-state index in [1.807, 2.05) is 0 Å². The van der Waals surface area contributed by atoms with Crippen LogP contribution in [-0.4, -0.2) is 42.5 Å². The predicted molar refractivity (Wildman–Crippen MR) is 137 cm³/mol. The number of carbonyl (C=O) groups is 2. The fraction of sp³-hybridized carbons (Fsp3) is 0.120. The van der Waals surface area contributed by atoms with E-state index < -0.39 is 33.9 Å². The van der Waals surface area contributed by atoms with Crippen LogP contribution in [0, 0.1) is 5.41 Å². The van der Waals surface area contributed by atoms with Gasteiger partial charge in [-0.15, -0.1) is 0 Å². The van der Waals surface area contributed by atoms with Crippen LogP contribution in [0.4, 0.5) is 5.69 Å². The lowest BCUT2D eigenvalue weighted by Gasteiger charge is -2.23. The van der Waals surface area contributed by atoms with Gasteiger partial charge in [-0.1, -0.05) is 53.7 Å².